The summed E-state index contributed by atoms with van der Waals surface area (Å²) in [4.78, 5) is 26.4. The molecular weight excluding hydrogens is 408 g/mol. The van der Waals surface area contributed by atoms with Gasteiger partial charge in [0, 0.05) is 32.2 Å². The molecule has 0 radical (unpaired) electrons. The Morgan fingerprint density at radius 2 is 2.03 bits per heavy atom. The molecule has 0 bridgehead atoms. The molecule has 3 heterocycles. The molecule has 3 atom stereocenters. The van der Waals surface area contributed by atoms with E-state index >= 15 is 0 Å². The van der Waals surface area contributed by atoms with Gasteiger partial charge in [-0.05, 0) is 37.0 Å². The van der Waals surface area contributed by atoms with Crippen molar-refractivity contribution in [2.45, 2.75) is 44.4 Å². The van der Waals surface area contributed by atoms with E-state index in [1.807, 2.05) is 24.3 Å². The Labute approximate surface area is 176 Å². The molecule has 0 saturated carbocycles. The molecule has 4 rings (SSSR count). The summed E-state index contributed by atoms with van der Waals surface area (Å²) in [5, 5.41) is 2.89. The molecule has 1 N–H and O–H groups in total. The van der Waals surface area contributed by atoms with Crippen LogP contribution in [0.2, 0.25) is 0 Å². The number of carbonyl (C=O) groups is 2. The average molecular weight is 437 g/mol. The van der Waals surface area contributed by atoms with Gasteiger partial charge in [0.05, 0.1) is 23.5 Å². The van der Waals surface area contributed by atoms with Gasteiger partial charge in [-0.1, -0.05) is 12.1 Å². The summed E-state index contributed by atoms with van der Waals surface area (Å²) in [5.41, 5.74) is 0.941. The van der Waals surface area contributed by atoms with Crippen LogP contribution in [0, 0.1) is 5.92 Å². The van der Waals surface area contributed by atoms with Crippen LogP contribution in [-0.4, -0.2) is 68.5 Å². The summed E-state index contributed by atoms with van der Waals surface area (Å²) in [6.07, 6.45) is 2.88. The van der Waals surface area contributed by atoms with E-state index in [0.717, 1.165) is 30.8 Å². The zero-order chi connectivity index (χ0) is 21.1. The number of carbonyl (C=O) groups excluding carboxylic acids is 2. The summed E-state index contributed by atoms with van der Waals surface area (Å²) in [5.74, 6) is 0.148. The average Bonchev–Trinajstić information content (AvgIpc) is 3.45. The van der Waals surface area contributed by atoms with Crippen molar-refractivity contribution in [1.82, 2.24) is 10.2 Å². The van der Waals surface area contributed by atoms with Gasteiger partial charge in [0.25, 0.3) is 0 Å². The Balaban J connectivity index is 1.23. The van der Waals surface area contributed by atoms with Crippen LogP contribution in [0.5, 0.6) is 5.75 Å². The second-order valence-electron chi connectivity index (χ2n) is 8.31. The van der Waals surface area contributed by atoms with Gasteiger partial charge in [-0.2, -0.15) is 0 Å². The maximum absolute atomic E-state index is 12.5. The predicted molar refractivity (Wildman–Crippen MR) is 110 cm³/mol. The van der Waals surface area contributed by atoms with Crippen LogP contribution in [0.25, 0.3) is 0 Å². The van der Waals surface area contributed by atoms with Crippen LogP contribution < -0.4 is 10.1 Å². The minimum absolute atomic E-state index is 0.00830. The van der Waals surface area contributed by atoms with E-state index in [2.05, 4.69) is 5.32 Å². The van der Waals surface area contributed by atoms with Crippen LogP contribution in [0.1, 0.15) is 31.2 Å². The largest absolute Gasteiger partial charge is 0.491 e. The molecule has 1 aromatic carbocycles. The van der Waals surface area contributed by atoms with Gasteiger partial charge in [0.15, 0.2) is 9.84 Å². The highest BCUT2D eigenvalue weighted by atomic mass is 32.2. The zero-order valence-electron chi connectivity index (χ0n) is 16.9. The topological polar surface area (TPSA) is 102 Å². The quantitative estimate of drug-likeness (QED) is 0.681. The molecule has 9 heteroatoms. The Kier molecular flexibility index (Phi) is 6.29. The third kappa shape index (κ3) is 5.13. The van der Waals surface area contributed by atoms with Crippen LogP contribution in [-0.2, 0) is 30.7 Å². The normalized spacial score (nSPS) is 28.1. The maximum atomic E-state index is 12.5. The number of benzene rings is 1. The number of hydrogen-bond donors (Lipinski definition) is 1. The van der Waals surface area contributed by atoms with E-state index in [1.54, 1.807) is 4.90 Å². The van der Waals surface area contributed by atoms with Crippen LogP contribution in [0.15, 0.2) is 24.3 Å². The third-order valence-corrected chi connectivity index (χ3v) is 7.78. The Morgan fingerprint density at radius 3 is 2.70 bits per heavy atom. The van der Waals surface area contributed by atoms with Crippen molar-refractivity contribution in [2.75, 3.05) is 31.3 Å². The van der Waals surface area contributed by atoms with E-state index in [-0.39, 0.29) is 41.9 Å². The van der Waals surface area contributed by atoms with Gasteiger partial charge in [0.1, 0.15) is 12.4 Å². The number of nitrogens with zero attached hydrogens (tertiary/aromatic N) is 1. The summed E-state index contributed by atoms with van der Waals surface area (Å²) in [7, 11) is -3.06. The molecule has 3 aliphatic rings. The molecule has 0 aromatic heterocycles. The first-order valence-corrected chi connectivity index (χ1v) is 12.3. The van der Waals surface area contributed by atoms with Gasteiger partial charge in [-0.15, -0.1) is 0 Å². The summed E-state index contributed by atoms with van der Waals surface area (Å²) < 4.78 is 34.6. The van der Waals surface area contributed by atoms with Crippen molar-refractivity contribution < 1.29 is 27.5 Å². The molecule has 1 aromatic rings. The second-order valence-corrected chi connectivity index (χ2v) is 10.5. The minimum Gasteiger partial charge on any atom is -0.491 e. The first kappa shape index (κ1) is 21.1. The fourth-order valence-corrected chi connectivity index (χ4v) is 6.01. The fraction of sp³-hybridized carbons (Fsp3) is 0.619. The molecular formula is C21H28N2O6S. The summed E-state index contributed by atoms with van der Waals surface area (Å²) in [6.45, 7) is 2.01. The van der Waals surface area contributed by atoms with Gasteiger partial charge >= 0.3 is 0 Å². The first-order valence-electron chi connectivity index (χ1n) is 10.5. The van der Waals surface area contributed by atoms with E-state index in [0.29, 0.717) is 26.1 Å². The molecule has 2 amide bonds. The molecule has 0 unspecified atom stereocenters. The Hall–Kier alpha value is -2.13. The highest BCUT2D eigenvalue weighted by Crippen LogP contribution is 2.26. The molecule has 164 valence electrons. The lowest BCUT2D eigenvalue weighted by atomic mass is 10.1. The van der Waals surface area contributed by atoms with Crippen LogP contribution in [0.4, 0.5) is 0 Å². The van der Waals surface area contributed by atoms with Gasteiger partial charge in [-0.25, -0.2) is 8.42 Å². The van der Waals surface area contributed by atoms with Gasteiger partial charge < -0.3 is 19.7 Å². The van der Waals surface area contributed by atoms with Crippen molar-refractivity contribution in [1.29, 1.82) is 0 Å². The number of ether oxygens (including phenoxy) is 2. The summed E-state index contributed by atoms with van der Waals surface area (Å²) >= 11 is 0. The molecule has 0 aliphatic carbocycles. The lowest BCUT2D eigenvalue weighted by Gasteiger charge is -2.22. The van der Waals surface area contributed by atoms with Crippen molar-refractivity contribution >= 4 is 21.7 Å². The number of nitrogens with one attached hydrogen (secondary N) is 1. The number of likely N-dealkylation sites (tertiary alicyclic amines) is 1. The van der Waals surface area contributed by atoms with Crippen LogP contribution in [0.3, 0.4) is 0 Å². The second kappa shape index (κ2) is 8.93. The lowest BCUT2D eigenvalue weighted by Crippen LogP contribution is -2.39. The molecule has 8 nitrogen and oxygen atoms in total. The zero-order valence-corrected chi connectivity index (χ0v) is 17.7. The van der Waals surface area contributed by atoms with Gasteiger partial charge in [-0.3, -0.25) is 9.59 Å². The van der Waals surface area contributed by atoms with Crippen molar-refractivity contribution in [2.24, 2.45) is 5.92 Å². The van der Waals surface area contributed by atoms with Crippen molar-refractivity contribution in [3.05, 3.63) is 29.8 Å². The molecule has 0 spiro atoms. The maximum Gasteiger partial charge on any atom is 0.225 e. The Bertz CT molecular complexity index is 879. The van der Waals surface area contributed by atoms with E-state index < -0.39 is 15.8 Å². The number of rotatable bonds is 7. The van der Waals surface area contributed by atoms with Crippen molar-refractivity contribution in [3.8, 4) is 5.75 Å². The molecule has 3 saturated heterocycles. The fourth-order valence-electron chi connectivity index (χ4n) is 4.28. The Morgan fingerprint density at radius 1 is 1.23 bits per heavy atom. The number of hydrogen-bond acceptors (Lipinski definition) is 6. The minimum atomic E-state index is -3.06. The van der Waals surface area contributed by atoms with Crippen molar-refractivity contribution in [3.63, 3.8) is 0 Å². The number of amides is 2. The van der Waals surface area contributed by atoms with E-state index in [4.69, 9.17) is 9.47 Å². The van der Waals surface area contributed by atoms with E-state index in [9.17, 15) is 18.0 Å². The highest BCUT2D eigenvalue weighted by molar-refractivity contribution is 7.91. The molecule has 30 heavy (non-hydrogen) atoms. The highest BCUT2D eigenvalue weighted by Gasteiger charge is 2.41. The predicted octanol–water partition coefficient (Wildman–Crippen LogP) is 0.896. The smallest absolute Gasteiger partial charge is 0.225 e. The number of sulfone groups is 1. The third-order valence-electron chi connectivity index (χ3n) is 6.03. The van der Waals surface area contributed by atoms with Crippen LogP contribution >= 0.6 is 0 Å². The SMILES string of the molecule is O=C(NCc1ccc(OC[C@@H]2CCCO2)cc1)[C@H]1CC(=O)N([C@H]2CCS(=O)(=O)C2)C1. The lowest BCUT2D eigenvalue weighted by molar-refractivity contribution is -0.130. The first-order chi connectivity index (χ1) is 14.4. The summed E-state index contributed by atoms with van der Waals surface area (Å²) in [6, 6.07) is 7.26. The molecule has 3 aliphatic heterocycles. The van der Waals surface area contributed by atoms with Gasteiger partial charge in [0.2, 0.25) is 11.8 Å². The molecule has 3 fully saturated rings. The standard InChI is InChI=1S/C21H28N2O6S/c24-20-10-16(12-23(20)17-7-9-30(26,27)14-17)21(25)22-11-15-3-5-18(6-4-15)29-13-19-2-1-8-28-19/h3-6,16-17,19H,1-2,7-14H2,(H,22,25)/t16-,17-,19-/m0/s1. The monoisotopic (exact) mass is 436 g/mol. The van der Waals surface area contributed by atoms with E-state index in [1.165, 1.54) is 0 Å².